The zero-order valence-electron chi connectivity index (χ0n) is 16.0. The van der Waals surface area contributed by atoms with Gasteiger partial charge in [0.05, 0.1) is 17.9 Å². The number of carbonyl (C=O) groups is 1. The lowest BCUT2D eigenvalue weighted by atomic mass is 9.67. The Balaban J connectivity index is 1.37. The highest BCUT2D eigenvalue weighted by Gasteiger charge is 2.44. The van der Waals surface area contributed by atoms with Crippen molar-refractivity contribution >= 4 is 23.2 Å². The van der Waals surface area contributed by atoms with Crippen molar-refractivity contribution in [3.05, 3.63) is 58.4 Å². The van der Waals surface area contributed by atoms with Crippen LogP contribution in [-0.2, 0) is 16.4 Å². The van der Waals surface area contributed by atoms with Crippen LogP contribution >= 0.6 is 11.6 Å². The molecule has 2 aliphatic rings. The van der Waals surface area contributed by atoms with Gasteiger partial charge in [-0.15, -0.1) is 0 Å². The van der Waals surface area contributed by atoms with Crippen LogP contribution in [0.15, 0.2) is 36.4 Å². The zero-order valence-corrected chi connectivity index (χ0v) is 16.7. The molecule has 1 saturated carbocycles. The minimum absolute atomic E-state index is 0.0928. The number of nitrogens with one attached hydrogen (secondary N) is 1. The molecule has 4 rings (SSSR count). The lowest BCUT2D eigenvalue weighted by Gasteiger charge is -2.36. The summed E-state index contributed by atoms with van der Waals surface area (Å²) in [6, 6.07) is 7.78. The standard InChI is InChI=1S/C22H20ClF4NO2/c23-15-2-4-18(17(24)11-15)28-20(29)9-13-5-7-21(8-6-13)12-30-19-10-14(22(25,26)27)1-3-16(19)21/h1-4,10-11,13H,5-9,12H2,(H,28,29)/t13-,21+. The summed E-state index contributed by atoms with van der Waals surface area (Å²) in [4.78, 5) is 12.3. The molecule has 0 radical (unpaired) electrons. The summed E-state index contributed by atoms with van der Waals surface area (Å²) >= 11 is 5.72. The summed E-state index contributed by atoms with van der Waals surface area (Å²) in [7, 11) is 0. The van der Waals surface area contributed by atoms with E-state index in [-0.39, 0.29) is 34.4 Å². The molecule has 1 fully saturated rings. The van der Waals surface area contributed by atoms with E-state index < -0.39 is 17.6 Å². The average molecular weight is 442 g/mol. The Kier molecular flexibility index (Phi) is 5.43. The van der Waals surface area contributed by atoms with E-state index in [1.54, 1.807) is 0 Å². The van der Waals surface area contributed by atoms with Crippen LogP contribution < -0.4 is 10.1 Å². The summed E-state index contributed by atoms with van der Waals surface area (Å²) in [5.74, 6) is -0.421. The summed E-state index contributed by atoms with van der Waals surface area (Å²) in [6.45, 7) is 0.360. The SMILES string of the molecule is O=C(C[C@H]1CC[C@@]2(CC1)COc1cc(C(F)(F)F)ccc12)Nc1ccc(Cl)cc1F. The highest BCUT2D eigenvalue weighted by molar-refractivity contribution is 6.30. The van der Waals surface area contributed by atoms with Crippen LogP contribution in [0.1, 0.15) is 43.2 Å². The third kappa shape index (κ3) is 4.13. The number of amides is 1. The second-order valence-corrected chi connectivity index (χ2v) is 8.53. The van der Waals surface area contributed by atoms with Crippen LogP contribution in [0.2, 0.25) is 5.02 Å². The first-order valence-electron chi connectivity index (χ1n) is 9.76. The number of hydrogen-bond acceptors (Lipinski definition) is 2. The van der Waals surface area contributed by atoms with Crippen molar-refractivity contribution in [1.29, 1.82) is 0 Å². The topological polar surface area (TPSA) is 38.3 Å². The molecule has 8 heteroatoms. The minimum Gasteiger partial charge on any atom is -0.492 e. The number of ether oxygens (including phenoxy) is 1. The van der Waals surface area contributed by atoms with Crippen LogP contribution in [-0.4, -0.2) is 12.5 Å². The van der Waals surface area contributed by atoms with Gasteiger partial charge in [0.25, 0.3) is 0 Å². The monoisotopic (exact) mass is 441 g/mol. The largest absolute Gasteiger partial charge is 0.492 e. The molecule has 2 aromatic carbocycles. The maximum absolute atomic E-state index is 13.8. The molecule has 0 saturated heterocycles. The van der Waals surface area contributed by atoms with Crippen molar-refractivity contribution in [3.63, 3.8) is 0 Å². The van der Waals surface area contributed by atoms with E-state index in [0.29, 0.717) is 12.4 Å². The maximum atomic E-state index is 13.8. The van der Waals surface area contributed by atoms with Crippen LogP contribution in [0.25, 0.3) is 0 Å². The molecule has 3 nitrogen and oxygen atoms in total. The number of alkyl halides is 3. The molecule has 1 spiro atoms. The summed E-state index contributed by atoms with van der Waals surface area (Å²) in [5.41, 5.74) is -0.0932. The van der Waals surface area contributed by atoms with Gasteiger partial charge < -0.3 is 10.1 Å². The molecule has 1 N–H and O–H groups in total. The second kappa shape index (κ2) is 7.76. The Morgan fingerprint density at radius 3 is 2.57 bits per heavy atom. The van der Waals surface area contributed by atoms with Gasteiger partial charge in [-0.05, 0) is 61.9 Å². The molecule has 0 aromatic heterocycles. The molecule has 160 valence electrons. The first-order chi connectivity index (χ1) is 14.2. The number of hydrogen-bond donors (Lipinski definition) is 1. The van der Waals surface area contributed by atoms with E-state index in [4.69, 9.17) is 16.3 Å². The fourth-order valence-corrected chi connectivity index (χ4v) is 4.61. The number of anilines is 1. The molecule has 1 aliphatic heterocycles. The molecule has 1 amide bonds. The van der Waals surface area contributed by atoms with Crippen LogP contribution in [0.5, 0.6) is 5.75 Å². The lowest BCUT2D eigenvalue weighted by Crippen LogP contribution is -2.34. The summed E-state index contributed by atoms with van der Waals surface area (Å²) in [6.07, 6.45) is -1.17. The fraction of sp³-hybridized carbons (Fsp3) is 0.409. The number of halogens is 5. The van der Waals surface area contributed by atoms with E-state index in [0.717, 1.165) is 49.4 Å². The Hall–Kier alpha value is -2.28. The van der Waals surface area contributed by atoms with Gasteiger partial charge in [0.1, 0.15) is 11.6 Å². The molecular formula is C22H20ClF4NO2. The van der Waals surface area contributed by atoms with Gasteiger partial charge in [-0.3, -0.25) is 4.79 Å². The number of carbonyl (C=O) groups excluding carboxylic acids is 1. The third-order valence-electron chi connectivity index (χ3n) is 6.13. The van der Waals surface area contributed by atoms with Crippen molar-refractivity contribution in [2.24, 2.45) is 5.92 Å². The second-order valence-electron chi connectivity index (χ2n) is 8.10. The van der Waals surface area contributed by atoms with Gasteiger partial charge >= 0.3 is 6.18 Å². The first-order valence-corrected chi connectivity index (χ1v) is 10.1. The van der Waals surface area contributed by atoms with Crippen LogP contribution in [0, 0.1) is 11.7 Å². The van der Waals surface area contributed by atoms with E-state index in [9.17, 15) is 22.4 Å². The van der Waals surface area contributed by atoms with Crippen molar-refractivity contribution < 1.29 is 27.1 Å². The van der Waals surface area contributed by atoms with Gasteiger partial charge in [0.2, 0.25) is 5.91 Å². The van der Waals surface area contributed by atoms with Crippen molar-refractivity contribution in [2.75, 3.05) is 11.9 Å². The Bertz CT molecular complexity index is 968. The number of fused-ring (bicyclic) bond motifs is 2. The average Bonchev–Trinajstić information content (AvgIpc) is 3.03. The highest BCUT2D eigenvalue weighted by atomic mass is 35.5. The normalized spacial score (nSPS) is 23.2. The molecule has 0 unspecified atom stereocenters. The molecule has 2 aromatic rings. The lowest BCUT2D eigenvalue weighted by molar-refractivity contribution is -0.137. The van der Waals surface area contributed by atoms with Crippen molar-refractivity contribution in [1.82, 2.24) is 0 Å². The smallest absolute Gasteiger partial charge is 0.416 e. The minimum atomic E-state index is -4.40. The Morgan fingerprint density at radius 2 is 1.90 bits per heavy atom. The Morgan fingerprint density at radius 1 is 1.17 bits per heavy atom. The molecular weight excluding hydrogens is 422 g/mol. The van der Waals surface area contributed by atoms with E-state index in [2.05, 4.69) is 5.32 Å². The van der Waals surface area contributed by atoms with E-state index >= 15 is 0 Å². The molecule has 1 aliphatic carbocycles. The van der Waals surface area contributed by atoms with E-state index in [1.807, 2.05) is 0 Å². The predicted octanol–water partition coefficient (Wildman–Crippen LogP) is 6.35. The molecule has 30 heavy (non-hydrogen) atoms. The summed E-state index contributed by atoms with van der Waals surface area (Å²) in [5, 5.41) is 2.83. The Labute approximate surface area is 176 Å². The number of rotatable bonds is 3. The predicted molar refractivity (Wildman–Crippen MR) is 105 cm³/mol. The number of benzene rings is 2. The van der Waals surface area contributed by atoms with E-state index in [1.165, 1.54) is 18.2 Å². The third-order valence-corrected chi connectivity index (χ3v) is 6.36. The van der Waals surface area contributed by atoms with Crippen molar-refractivity contribution in [2.45, 2.75) is 43.7 Å². The maximum Gasteiger partial charge on any atom is 0.416 e. The summed E-state index contributed by atoms with van der Waals surface area (Å²) < 4.78 is 58.3. The van der Waals surface area contributed by atoms with Gasteiger partial charge in [0.15, 0.2) is 0 Å². The molecule has 0 bridgehead atoms. The van der Waals surface area contributed by atoms with Crippen molar-refractivity contribution in [3.8, 4) is 5.75 Å². The van der Waals surface area contributed by atoms with Crippen LogP contribution in [0.4, 0.5) is 23.2 Å². The van der Waals surface area contributed by atoms with Gasteiger partial charge in [-0.2, -0.15) is 13.2 Å². The van der Waals surface area contributed by atoms with Gasteiger partial charge in [-0.25, -0.2) is 4.39 Å². The van der Waals surface area contributed by atoms with Gasteiger partial charge in [0, 0.05) is 22.4 Å². The van der Waals surface area contributed by atoms with Crippen LogP contribution in [0.3, 0.4) is 0 Å². The molecule has 1 heterocycles. The zero-order chi connectivity index (χ0) is 21.5. The fourth-order valence-electron chi connectivity index (χ4n) is 4.45. The van der Waals surface area contributed by atoms with Gasteiger partial charge in [-0.1, -0.05) is 17.7 Å². The quantitative estimate of drug-likeness (QED) is 0.564. The highest BCUT2D eigenvalue weighted by Crippen LogP contribution is 2.50. The molecule has 0 atom stereocenters. The first kappa shape index (κ1) is 21.0.